The summed E-state index contributed by atoms with van der Waals surface area (Å²) >= 11 is 0. The Hall–Kier alpha value is -2.97. The van der Waals surface area contributed by atoms with Crippen molar-refractivity contribution in [1.82, 2.24) is 15.0 Å². The van der Waals surface area contributed by atoms with Crippen LogP contribution in [0.15, 0.2) is 48.5 Å². The molecule has 0 bridgehead atoms. The van der Waals surface area contributed by atoms with E-state index in [1.807, 2.05) is 83.1 Å². The second-order valence-electron chi connectivity index (χ2n) is 9.20. The number of hydrogen-bond donors (Lipinski definition) is 0. The largest absolute Gasteiger partial charge is 0.494 e. The molecular weight excluding hydrogens is 405 g/mol. The molecule has 1 aliphatic heterocycles. The fraction of sp³-hybridized carbons (Fsp3) is 0.375. The van der Waals surface area contributed by atoms with Gasteiger partial charge in [0.1, 0.15) is 5.75 Å². The van der Waals surface area contributed by atoms with Gasteiger partial charge in [0.15, 0.2) is 11.5 Å². The molecule has 1 fully saturated rings. The monoisotopic (exact) mass is 433 g/mol. The van der Waals surface area contributed by atoms with Gasteiger partial charge in [-0.2, -0.15) is 0 Å². The van der Waals surface area contributed by atoms with Crippen LogP contribution in [-0.2, 0) is 15.9 Å². The van der Waals surface area contributed by atoms with Crippen molar-refractivity contribution in [3.8, 4) is 11.6 Å². The number of ketones is 1. The number of rotatable bonds is 6. The first-order valence-electron chi connectivity index (χ1n) is 10.7. The molecule has 0 aliphatic carbocycles. The minimum Gasteiger partial charge on any atom is -0.437 e. The standard InChI is InChI=1S/C24H28BN3O4/c1-16-7-9-18(10-8-16)15-28-22(21(17(2)29)26-27-28)30-20-13-11-19(12-14-20)25-31-23(3,4)24(5,6)32-25/h7-14H,15H2,1-6H3. The highest BCUT2D eigenvalue weighted by Crippen LogP contribution is 2.36. The van der Waals surface area contributed by atoms with Crippen LogP contribution in [0.5, 0.6) is 11.6 Å². The fourth-order valence-corrected chi connectivity index (χ4v) is 3.38. The maximum Gasteiger partial charge on any atom is 0.494 e. The van der Waals surface area contributed by atoms with Gasteiger partial charge in [-0.25, -0.2) is 4.68 Å². The number of nitrogens with zero attached hydrogens (tertiary/aromatic N) is 3. The van der Waals surface area contributed by atoms with Crippen molar-refractivity contribution in [2.75, 3.05) is 0 Å². The summed E-state index contributed by atoms with van der Waals surface area (Å²) in [4.78, 5) is 12.1. The Bertz CT molecular complexity index is 1110. The number of ether oxygens (including phenoxy) is 1. The zero-order chi connectivity index (χ0) is 23.1. The summed E-state index contributed by atoms with van der Waals surface area (Å²) in [6.07, 6.45) is 0. The van der Waals surface area contributed by atoms with Crippen LogP contribution in [0.1, 0.15) is 56.2 Å². The van der Waals surface area contributed by atoms with E-state index in [0.717, 1.165) is 11.0 Å². The maximum atomic E-state index is 12.1. The molecule has 0 radical (unpaired) electrons. The molecule has 2 aromatic carbocycles. The molecule has 0 atom stereocenters. The fourth-order valence-electron chi connectivity index (χ4n) is 3.38. The molecule has 2 heterocycles. The zero-order valence-electron chi connectivity index (χ0n) is 19.4. The van der Waals surface area contributed by atoms with Gasteiger partial charge in [-0.15, -0.1) is 5.10 Å². The first-order valence-corrected chi connectivity index (χ1v) is 10.7. The Morgan fingerprint density at radius 2 is 1.59 bits per heavy atom. The Labute approximate surface area is 188 Å². The molecule has 4 rings (SSSR count). The molecule has 166 valence electrons. The third-order valence-electron chi connectivity index (χ3n) is 6.10. The van der Waals surface area contributed by atoms with E-state index in [-0.39, 0.29) is 11.5 Å². The van der Waals surface area contributed by atoms with Gasteiger partial charge in [0.05, 0.1) is 17.7 Å². The van der Waals surface area contributed by atoms with Crippen LogP contribution in [-0.4, -0.2) is 39.1 Å². The van der Waals surface area contributed by atoms with Crippen LogP contribution in [0, 0.1) is 6.92 Å². The van der Waals surface area contributed by atoms with Crippen LogP contribution in [0.4, 0.5) is 0 Å². The predicted molar refractivity (Wildman–Crippen MR) is 123 cm³/mol. The quantitative estimate of drug-likeness (QED) is 0.433. The van der Waals surface area contributed by atoms with Crippen molar-refractivity contribution >= 4 is 18.4 Å². The summed E-state index contributed by atoms with van der Waals surface area (Å²) in [5, 5.41) is 8.18. The summed E-state index contributed by atoms with van der Waals surface area (Å²) in [7, 11) is -0.449. The second-order valence-corrected chi connectivity index (χ2v) is 9.20. The van der Waals surface area contributed by atoms with Gasteiger partial charge in [0, 0.05) is 6.92 Å². The third kappa shape index (κ3) is 4.33. The number of carbonyl (C=O) groups excluding carboxylic acids is 1. The van der Waals surface area contributed by atoms with Gasteiger partial charge in [-0.05, 0) is 57.8 Å². The van der Waals surface area contributed by atoms with Crippen LogP contribution >= 0.6 is 0 Å². The molecule has 0 amide bonds. The molecular formula is C24H28BN3O4. The van der Waals surface area contributed by atoms with Gasteiger partial charge < -0.3 is 14.0 Å². The SMILES string of the molecule is CC(=O)c1nnn(Cc2ccc(C)cc2)c1Oc1ccc(B2OC(C)(C)C(C)(C)O2)cc1. The molecule has 1 aromatic heterocycles. The van der Waals surface area contributed by atoms with Crippen molar-refractivity contribution in [2.24, 2.45) is 0 Å². The van der Waals surface area contributed by atoms with Crippen LogP contribution < -0.4 is 10.2 Å². The Balaban J connectivity index is 1.55. The molecule has 1 saturated heterocycles. The summed E-state index contributed by atoms with van der Waals surface area (Å²) in [6.45, 7) is 12.0. The summed E-state index contributed by atoms with van der Waals surface area (Å²) in [5.74, 6) is 0.686. The third-order valence-corrected chi connectivity index (χ3v) is 6.10. The Morgan fingerprint density at radius 1 is 1.00 bits per heavy atom. The minimum atomic E-state index is -0.449. The Morgan fingerprint density at radius 3 is 2.16 bits per heavy atom. The molecule has 3 aromatic rings. The average Bonchev–Trinajstić information content (AvgIpc) is 3.21. The maximum absolute atomic E-state index is 12.1. The highest BCUT2D eigenvalue weighted by molar-refractivity contribution is 6.62. The van der Waals surface area contributed by atoms with E-state index >= 15 is 0 Å². The molecule has 0 unspecified atom stereocenters. The lowest BCUT2D eigenvalue weighted by Crippen LogP contribution is -2.41. The van der Waals surface area contributed by atoms with E-state index in [9.17, 15) is 4.79 Å². The van der Waals surface area contributed by atoms with Crippen molar-refractivity contribution in [3.05, 3.63) is 65.4 Å². The molecule has 0 N–H and O–H groups in total. The van der Waals surface area contributed by atoms with Gasteiger partial charge in [0.2, 0.25) is 5.88 Å². The summed E-state index contributed by atoms with van der Waals surface area (Å²) in [5.41, 5.74) is 2.50. The highest BCUT2D eigenvalue weighted by atomic mass is 16.7. The normalized spacial score (nSPS) is 16.9. The first kappa shape index (κ1) is 22.2. The van der Waals surface area contributed by atoms with E-state index in [4.69, 9.17) is 14.0 Å². The number of hydrogen-bond acceptors (Lipinski definition) is 6. The number of benzene rings is 2. The van der Waals surface area contributed by atoms with Crippen molar-refractivity contribution in [2.45, 2.75) is 59.3 Å². The lowest BCUT2D eigenvalue weighted by Gasteiger charge is -2.32. The van der Waals surface area contributed by atoms with E-state index in [1.165, 1.54) is 12.5 Å². The van der Waals surface area contributed by atoms with E-state index in [2.05, 4.69) is 10.3 Å². The number of carbonyl (C=O) groups is 1. The summed E-state index contributed by atoms with van der Waals surface area (Å²) < 4.78 is 19.9. The molecule has 32 heavy (non-hydrogen) atoms. The minimum absolute atomic E-state index is 0.201. The molecule has 1 aliphatic rings. The van der Waals surface area contributed by atoms with Crippen molar-refractivity contribution < 1.29 is 18.8 Å². The topological polar surface area (TPSA) is 75.5 Å². The second kappa shape index (κ2) is 8.18. The lowest BCUT2D eigenvalue weighted by molar-refractivity contribution is 0.00578. The van der Waals surface area contributed by atoms with Crippen molar-refractivity contribution in [3.63, 3.8) is 0 Å². The Kier molecular flexibility index (Phi) is 5.69. The van der Waals surface area contributed by atoms with E-state index < -0.39 is 18.3 Å². The molecule has 0 saturated carbocycles. The van der Waals surface area contributed by atoms with Gasteiger partial charge in [0.25, 0.3) is 0 Å². The lowest BCUT2D eigenvalue weighted by atomic mass is 9.79. The van der Waals surface area contributed by atoms with Gasteiger partial charge in [-0.1, -0.05) is 47.2 Å². The van der Waals surface area contributed by atoms with Gasteiger partial charge in [-0.3, -0.25) is 4.79 Å². The molecule has 8 heteroatoms. The average molecular weight is 433 g/mol. The number of Topliss-reactive ketones (excluding diaryl/α,β-unsaturated/α-hetero) is 1. The van der Waals surface area contributed by atoms with Crippen LogP contribution in [0.25, 0.3) is 0 Å². The van der Waals surface area contributed by atoms with Crippen LogP contribution in [0.3, 0.4) is 0 Å². The predicted octanol–water partition coefficient (Wildman–Crippen LogP) is 3.93. The first-order chi connectivity index (χ1) is 15.1. The smallest absolute Gasteiger partial charge is 0.437 e. The highest BCUT2D eigenvalue weighted by Gasteiger charge is 2.51. The van der Waals surface area contributed by atoms with Gasteiger partial charge >= 0.3 is 7.12 Å². The van der Waals surface area contributed by atoms with Crippen LogP contribution in [0.2, 0.25) is 0 Å². The molecule has 7 nitrogen and oxygen atoms in total. The number of aromatic nitrogens is 3. The van der Waals surface area contributed by atoms with E-state index in [1.54, 1.807) is 4.68 Å². The zero-order valence-corrected chi connectivity index (χ0v) is 19.4. The van der Waals surface area contributed by atoms with Crippen molar-refractivity contribution in [1.29, 1.82) is 0 Å². The van der Waals surface area contributed by atoms with E-state index in [0.29, 0.717) is 18.2 Å². The molecule has 0 spiro atoms. The summed E-state index contributed by atoms with van der Waals surface area (Å²) in [6, 6.07) is 15.6. The number of aryl methyl sites for hydroxylation is 1.